The van der Waals surface area contributed by atoms with Crippen molar-refractivity contribution in [2.24, 2.45) is 5.73 Å². The summed E-state index contributed by atoms with van der Waals surface area (Å²) in [6.45, 7) is 2.24. The van der Waals surface area contributed by atoms with Gasteiger partial charge in [-0.05, 0) is 24.6 Å². The van der Waals surface area contributed by atoms with E-state index in [-0.39, 0.29) is 6.04 Å². The highest BCUT2D eigenvalue weighted by Crippen LogP contribution is 2.16. The van der Waals surface area contributed by atoms with Crippen molar-refractivity contribution in [1.82, 2.24) is 10.1 Å². The minimum Gasteiger partial charge on any atom is -0.485 e. The van der Waals surface area contributed by atoms with Crippen molar-refractivity contribution in [3.05, 3.63) is 42.0 Å². The van der Waals surface area contributed by atoms with Gasteiger partial charge in [-0.1, -0.05) is 17.3 Å². The molecule has 1 atom stereocenters. The molecule has 0 unspecified atom stereocenters. The first kappa shape index (κ1) is 10.6. The molecule has 0 radical (unpaired) electrons. The van der Waals surface area contributed by atoms with E-state index >= 15 is 0 Å². The van der Waals surface area contributed by atoms with Crippen LogP contribution < -0.4 is 10.5 Å². The SMILES string of the molecule is C[C@H](N)c1ccc(OCc2ncon2)cc1. The van der Waals surface area contributed by atoms with Crippen LogP contribution in [-0.2, 0) is 6.61 Å². The summed E-state index contributed by atoms with van der Waals surface area (Å²) in [5.41, 5.74) is 6.82. The molecule has 0 aliphatic heterocycles. The fourth-order valence-electron chi connectivity index (χ4n) is 1.27. The predicted octanol–water partition coefficient (Wildman–Crippen LogP) is 1.67. The van der Waals surface area contributed by atoms with Crippen molar-refractivity contribution in [2.75, 3.05) is 0 Å². The molecule has 0 aliphatic carbocycles. The van der Waals surface area contributed by atoms with Gasteiger partial charge in [0.25, 0.3) is 0 Å². The third-order valence-corrected chi connectivity index (χ3v) is 2.18. The van der Waals surface area contributed by atoms with E-state index in [9.17, 15) is 0 Å². The second-order valence-corrected chi connectivity index (χ2v) is 3.49. The average Bonchev–Trinajstić information content (AvgIpc) is 2.80. The monoisotopic (exact) mass is 219 g/mol. The van der Waals surface area contributed by atoms with Gasteiger partial charge in [0.05, 0.1) is 0 Å². The molecular formula is C11H13N3O2. The van der Waals surface area contributed by atoms with Crippen LogP contribution in [0.2, 0.25) is 0 Å². The Morgan fingerprint density at radius 3 is 2.69 bits per heavy atom. The summed E-state index contributed by atoms with van der Waals surface area (Å²) in [5.74, 6) is 1.28. The van der Waals surface area contributed by atoms with Gasteiger partial charge in [0.15, 0.2) is 6.61 Å². The summed E-state index contributed by atoms with van der Waals surface area (Å²) in [4.78, 5) is 3.85. The van der Waals surface area contributed by atoms with Gasteiger partial charge in [0, 0.05) is 6.04 Å². The van der Waals surface area contributed by atoms with Crippen LogP contribution in [0.3, 0.4) is 0 Å². The molecule has 0 amide bonds. The van der Waals surface area contributed by atoms with Crippen LogP contribution in [0.15, 0.2) is 35.2 Å². The Balaban J connectivity index is 1.95. The Labute approximate surface area is 93.2 Å². The van der Waals surface area contributed by atoms with Gasteiger partial charge in [0.1, 0.15) is 5.75 Å². The van der Waals surface area contributed by atoms with E-state index in [1.54, 1.807) is 0 Å². The third-order valence-electron chi connectivity index (χ3n) is 2.18. The van der Waals surface area contributed by atoms with E-state index in [2.05, 4.69) is 14.7 Å². The fourth-order valence-corrected chi connectivity index (χ4v) is 1.27. The summed E-state index contributed by atoms with van der Waals surface area (Å²) in [5, 5.41) is 3.65. The smallest absolute Gasteiger partial charge is 0.213 e. The van der Waals surface area contributed by atoms with Crippen LogP contribution in [0.25, 0.3) is 0 Å². The molecule has 2 N–H and O–H groups in total. The number of nitrogens with zero attached hydrogens (tertiary/aromatic N) is 2. The van der Waals surface area contributed by atoms with Crippen molar-refractivity contribution < 1.29 is 9.26 Å². The zero-order valence-corrected chi connectivity index (χ0v) is 8.96. The summed E-state index contributed by atoms with van der Waals surface area (Å²) < 4.78 is 10.1. The zero-order chi connectivity index (χ0) is 11.4. The Hall–Kier alpha value is -1.88. The molecule has 84 valence electrons. The fraction of sp³-hybridized carbons (Fsp3) is 0.273. The molecule has 2 aromatic rings. The maximum absolute atomic E-state index is 5.74. The van der Waals surface area contributed by atoms with Crippen molar-refractivity contribution in [3.8, 4) is 5.75 Å². The highest BCUT2D eigenvalue weighted by Gasteiger charge is 2.02. The molecule has 1 aromatic heterocycles. The first-order valence-corrected chi connectivity index (χ1v) is 4.99. The van der Waals surface area contributed by atoms with Crippen LogP contribution in [0.1, 0.15) is 24.4 Å². The molecule has 0 saturated heterocycles. The Morgan fingerprint density at radius 2 is 2.12 bits per heavy atom. The van der Waals surface area contributed by atoms with Crippen molar-refractivity contribution >= 4 is 0 Å². The van der Waals surface area contributed by atoms with Crippen LogP contribution >= 0.6 is 0 Å². The number of nitrogens with two attached hydrogens (primary N) is 1. The van der Waals surface area contributed by atoms with Crippen molar-refractivity contribution in [3.63, 3.8) is 0 Å². The summed E-state index contributed by atoms with van der Waals surface area (Å²) in [6.07, 6.45) is 1.28. The Bertz CT molecular complexity index is 423. The molecular weight excluding hydrogens is 206 g/mol. The molecule has 16 heavy (non-hydrogen) atoms. The van der Waals surface area contributed by atoms with Gasteiger partial charge < -0.3 is 15.0 Å². The molecule has 0 spiro atoms. The van der Waals surface area contributed by atoms with E-state index in [0.29, 0.717) is 12.4 Å². The van der Waals surface area contributed by atoms with E-state index < -0.39 is 0 Å². The van der Waals surface area contributed by atoms with E-state index in [1.807, 2.05) is 31.2 Å². The van der Waals surface area contributed by atoms with Gasteiger partial charge in [-0.3, -0.25) is 0 Å². The highest BCUT2D eigenvalue weighted by molar-refractivity contribution is 5.28. The Kier molecular flexibility index (Phi) is 3.16. The third kappa shape index (κ3) is 2.58. The summed E-state index contributed by atoms with van der Waals surface area (Å²) >= 11 is 0. The summed E-state index contributed by atoms with van der Waals surface area (Å²) in [7, 11) is 0. The largest absolute Gasteiger partial charge is 0.485 e. The molecule has 1 heterocycles. The van der Waals surface area contributed by atoms with E-state index in [0.717, 1.165) is 11.3 Å². The van der Waals surface area contributed by atoms with Gasteiger partial charge in [-0.25, -0.2) is 0 Å². The van der Waals surface area contributed by atoms with Gasteiger partial charge >= 0.3 is 0 Å². The van der Waals surface area contributed by atoms with Crippen LogP contribution in [0, 0.1) is 0 Å². The van der Waals surface area contributed by atoms with Crippen LogP contribution in [0.4, 0.5) is 0 Å². The van der Waals surface area contributed by atoms with E-state index in [1.165, 1.54) is 6.39 Å². The lowest BCUT2D eigenvalue weighted by molar-refractivity contribution is 0.286. The van der Waals surface area contributed by atoms with Crippen molar-refractivity contribution in [1.29, 1.82) is 0 Å². The quantitative estimate of drug-likeness (QED) is 0.846. The molecule has 0 fully saturated rings. The number of rotatable bonds is 4. The molecule has 2 rings (SSSR count). The number of ether oxygens (including phenoxy) is 1. The number of hydrogen-bond donors (Lipinski definition) is 1. The normalized spacial score (nSPS) is 12.4. The van der Waals surface area contributed by atoms with Crippen molar-refractivity contribution in [2.45, 2.75) is 19.6 Å². The predicted molar refractivity (Wildman–Crippen MR) is 57.7 cm³/mol. The minimum absolute atomic E-state index is 0.0336. The zero-order valence-electron chi connectivity index (χ0n) is 8.96. The van der Waals surface area contributed by atoms with Gasteiger partial charge in [0.2, 0.25) is 12.2 Å². The summed E-state index contributed by atoms with van der Waals surface area (Å²) in [6, 6.07) is 7.66. The topological polar surface area (TPSA) is 74.2 Å². The maximum Gasteiger partial charge on any atom is 0.213 e. The van der Waals surface area contributed by atoms with Gasteiger partial charge in [-0.2, -0.15) is 4.98 Å². The Morgan fingerprint density at radius 1 is 1.38 bits per heavy atom. The molecule has 0 aliphatic rings. The standard InChI is InChI=1S/C11H13N3O2/c1-8(12)9-2-4-10(5-3-9)15-6-11-13-7-16-14-11/h2-5,7-8H,6,12H2,1H3/t8-/m0/s1. The van der Waals surface area contributed by atoms with Crippen LogP contribution in [-0.4, -0.2) is 10.1 Å². The number of aromatic nitrogens is 2. The first-order valence-electron chi connectivity index (χ1n) is 4.99. The highest BCUT2D eigenvalue weighted by atomic mass is 16.5. The van der Waals surface area contributed by atoms with Crippen LogP contribution in [0.5, 0.6) is 5.75 Å². The van der Waals surface area contributed by atoms with E-state index in [4.69, 9.17) is 10.5 Å². The molecule has 5 nitrogen and oxygen atoms in total. The average molecular weight is 219 g/mol. The molecule has 1 aromatic carbocycles. The second kappa shape index (κ2) is 4.76. The van der Waals surface area contributed by atoms with Gasteiger partial charge in [-0.15, -0.1) is 0 Å². The number of hydrogen-bond acceptors (Lipinski definition) is 5. The number of benzene rings is 1. The lowest BCUT2D eigenvalue weighted by Crippen LogP contribution is -2.04. The molecule has 0 bridgehead atoms. The second-order valence-electron chi connectivity index (χ2n) is 3.49. The molecule has 5 heteroatoms. The maximum atomic E-state index is 5.74. The molecule has 0 saturated carbocycles. The first-order chi connectivity index (χ1) is 7.75. The lowest BCUT2D eigenvalue weighted by atomic mass is 10.1. The minimum atomic E-state index is 0.0336. The lowest BCUT2D eigenvalue weighted by Gasteiger charge is -2.07.